The van der Waals surface area contributed by atoms with Gasteiger partial charge in [0, 0.05) is 23.4 Å². The van der Waals surface area contributed by atoms with Gasteiger partial charge in [0.2, 0.25) is 5.91 Å². The number of hydrogen-bond donors (Lipinski definition) is 5. The number of β-lactam (4-membered cyclic amide) rings is 1. The minimum atomic E-state index is -1.23. The molecular weight excluding hydrogens is 563 g/mol. The van der Waals surface area contributed by atoms with Gasteiger partial charge in [0.05, 0.1) is 0 Å². The van der Waals surface area contributed by atoms with Crippen LogP contribution in [0.15, 0.2) is 33.1 Å². The lowest BCUT2D eigenvalue weighted by Gasteiger charge is -2.49. The maximum absolute atomic E-state index is 13.1. The topological polar surface area (TPSA) is 183 Å². The summed E-state index contributed by atoms with van der Waals surface area (Å²) >= 11 is 5.31. The molecule has 6 amide bonds. The predicted octanol–water partition coefficient (Wildman–Crippen LogP) is 1.12. The fourth-order valence-corrected chi connectivity index (χ4v) is 7.64. The summed E-state index contributed by atoms with van der Waals surface area (Å²) < 4.78 is 0.703. The van der Waals surface area contributed by atoms with Crippen molar-refractivity contribution in [3.63, 3.8) is 0 Å². The fraction of sp³-hybridized carbons (Fsp3) is 0.350. The highest BCUT2D eigenvalue weighted by Gasteiger charge is 2.54. The number of amides is 6. The molecule has 0 aliphatic carbocycles. The largest absolute Gasteiger partial charge is 0.477 e. The summed E-state index contributed by atoms with van der Waals surface area (Å²) in [7, 11) is 1.34. The number of carbonyl (C=O) groups excluding carboxylic acids is 4. The summed E-state index contributed by atoms with van der Waals surface area (Å²) in [5.74, 6) is -1.76. The number of thioether (sulfide) groups is 2. The van der Waals surface area contributed by atoms with Crippen molar-refractivity contribution in [1.82, 2.24) is 36.4 Å². The van der Waals surface area contributed by atoms with Crippen molar-refractivity contribution >= 4 is 76.0 Å². The van der Waals surface area contributed by atoms with E-state index in [9.17, 15) is 29.1 Å². The Balaban J connectivity index is 1.46. The van der Waals surface area contributed by atoms with Crippen LogP contribution in [0, 0.1) is 6.92 Å². The number of imide groups is 1. The first-order chi connectivity index (χ1) is 17.7. The molecule has 37 heavy (non-hydrogen) atoms. The quantitative estimate of drug-likeness (QED) is 0.223. The van der Waals surface area contributed by atoms with Crippen LogP contribution in [0.2, 0.25) is 0 Å². The van der Waals surface area contributed by atoms with Gasteiger partial charge < -0.3 is 21.1 Å². The van der Waals surface area contributed by atoms with Crippen molar-refractivity contribution in [3.05, 3.63) is 38.7 Å². The standard InChI is InChI=1S/C20H21N7O6S4/c1-8-25-26-20(37-8)36-7-9-6-35-16-12(15(29)27(16)13(9)17(30)31)22-14(28)11(10-4-3-5-34-10)23-19(33)24-18(32)21-2/h3-5,11-12,16H,6-7H2,1-2H3,(H,22,28)(H,30,31)(H3,21,23,24,32,33)/t11?,12?,16-/m0/s1. The number of fused-ring (bicyclic) bond motifs is 1. The normalized spacial score (nSPS) is 19.4. The zero-order chi connectivity index (χ0) is 26.7. The summed E-state index contributed by atoms with van der Waals surface area (Å²) in [6, 6.07) is -0.471. The van der Waals surface area contributed by atoms with E-state index in [1.165, 1.54) is 58.1 Å². The average molecular weight is 584 g/mol. The van der Waals surface area contributed by atoms with Crippen molar-refractivity contribution < 1.29 is 29.1 Å². The molecule has 0 bridgehead atoms. The number of carbonyl (C=O) groups is 5. The van der Waals surface area contributed by atoms with Gasteiger partial charge in [-0.15, -0.1) is 33.3 Å². The SMILES string of the molecule is CNC(=O)NC(=O)NC(C(=O)NC1C(=O)N2C(C(=O)O)=C(CSc3nnc(C)s3)CS[C@@H]12)c1cccs1. The molecule has 0 radical (unpaired) electrons. The van der Waals surface area contributed by atoms with Crippen LogP contribution in [0.4, 0.5) is 9.59 Å². The number of aromatic nitrogens is 2. The van der Waals surface area contributed by atoms with E-state index in [0.717, 1.165) is 5.01 Å². The van der Waals surface area contributed by atoms with Crippen molar-refractivity contribution in [2.24, 2.45) is 0 Å². The Bertz CT molecular complexity index is 1260. The van der Waals surface area contributed by atoms with Gasteiger partial charge in [-0.1, -0.05) is 29.2 Å². The van der Waals surface area contributed by atoms with Gasteiger partial charge in [-0.05, 0) is 23.9 Å². The number of urea groups is 2. The molecule has 4 rings (SSSR count). The molecule has 4 heterocycles. The molecule has 0 aromatic carbocycles. The van der Waals surface area contributed by atoms with Crippen molar-refractivity contribution in [3.8, 4) is 0 Å². The number of aliphatic carboxylic acids is 1. The highest BCUT2D eigenvalue weighted by molar-refractivity contribution is 8.01. The molecule has 13 nitrogen and oxygen atoms in total. The van der Waals surface area contributed by atoms with E-state index in [1.807, 2.05) is 12.2 Å². The van der Waals surface area contributed by atoms with E-state index in [2.05, 4.69) is 26.1 Å². The Morgan fingerprint density at radius 2 is 2.05 bits per heavy atom. The number of carboxylic acid groups (broad SMARTS) is 1. The molecule has 2 aliphatic heterocycles. The molecule has 2 unspecified atom stereocenters. The van der Waals surface area contributed by atoms with Crippen LogP contribution in [-0.2, 0) is 14.4 Å². The Morgan fingerprint density at radius 1 is 1.27 bits per heavy atom. The fourth-order valence-electron chi connectivity index (χ4n) is 3.57. The zero-order valence-electron chi connectivity index (χ0n) is 19.3. The molecule has 0 saturated carbocycles. The molecule has 0 spiro atoms. The van der Waals surface area contributed by atoms with Gasteiger partial charge in [0.15, 0.2) is 4.34 Å². The van der Waals surface area contributed by atoms with E-state index >= 15 is 0 Å². The number of nitrogens with one attached hydrogen (secondary N) is 4. The van der Waals surface area contributed by atoms with Gasteiger partial charge in [-0.25, -0.2) is 14.4 Å². The third kappa shape index (κ3) is 5.89. The summed E-state index contributed by atoms with van der Waals surface area (Å²) in [6.45, 7) is 1.82. The highest BCUT2D eigenvalue weighted by atomic mass is 32.2. The maximum atomic E-state index is 13.1. The minimum Gasteiger partial charge on any atom is -0.477 e. The van der Waals surface area contributed by atoms with Crippen LogP contribution in [0.25, 0.3) is 0 Å². The Labute approximate surface area is 226 Å². The maximum Gasteiger partial charge on any atom is 0.352 e. The zero-order valence-corrected chi connectivity index (χ0v) is 22.6. The molecule has 17 heteroatoms. The Morgan fingerprint density at radius 3 is 2.68 bits per heavy atom. The second-order valence-corrected chi connectivity index (χ2v) is 12.1. The lowest BCUT2D eigenvalue weighted by Crippen LogP contribution is -2.71. The van der Waals surface area contributed by atoms with Gasteiger partial charge in [0.1, 0.15) is 28.2 Å². The Hall–Kier alpha value is -3.15. The van der Waals surface area contributed by atoms with Crippen molar-refractivity contribution in [2.45, 2.75) is 28.7 Å². The summed E-state index contributed by atoms with van der Waals surface area (Å²) in [4.78, 5) is 63.5. The monoisotopic (exact) mass is 583 g/mol. The van der Waals surface area contributed by atoms with Crippen molar-refractivity contribution in [1.29, 1.82) is 0 Å². The van der Waals surface area contributed by atoms with Crippen LogP contribution in [-0.4, -0.2) is 80.0 Å². The summed E-state index contributed by atoms with van der Waals surface area (Å²) in [5.41, 5.74) is 0.486. The molecular formula is C20H21N7O6S4. The van der Waals surface area contributed by atoms with E-state index in [0.29, 0.717) is 26.3 Å². The first-order valence-electron chi connectivity index (χ1n) is 10.7. The first-order valence-corrected chi connectivity index (χ1v) is 14.4. The van der Waals surface area contributed by atoms with Crippen molar-refractivity contribution in [2.75, 3.05) is 18.6 Å². The molecule has 5 N–H and O–H groups in total. The Kier molecular flexibility index (Phi) is 8.35. The minimum absolute atomic E-state index is 0.0918. The first kappa shape index (κ1) is 26.9. The highest BCUT2D eigenvalue weighted by Crippen LogP contribution is 2.42. The van der Waals surface area contributed by atoms with Gasteiger partial charge in [-0.3, -0.25) is 19.8 Å². The van der Waals surface area contributed by atoms with Gasteiger partial charge in [-0.2, -0.15) is 0 Å². The van der Waals surface area contributed by atoms with E-state index in [1.54, 1.807) is 17.5 Å². The summed E-state index contributed by atoms with van der Waals surface area (Å²) in [6.07, 6.45) is 0. The van der Waals surface area contributed by atoms with E-state index in [4.69, 9.17) is 0 Å². The number of rotatable bonds is 8. The third-order valence-corrected chi connectivity index (χ3v) is 9.58. The molecule has 2 aromatic heterocycles. The number of thiophene rings is 1. The van der Waals surface area contributed by atoms with E-state index < -0.39 is 47.3 Å². The lowest BCUT2D eigenvalue weighted by molar-refractivity contribution is -0.150. The van der Waals surface area contributed by atoms with Gasteiger partial charge in [0.25, 0.3) is 5.91 Å². The van der Waals surface area contributed by atoms with Gasteiger partial charge >= 0.3 is 18.0 Å². The van der Waals surface area contributed by atoms with Crippen LogP contribution >= 0.6 is 46.2 Å². The predicted molar refractivity (Wildman–Crippen MR) is 138 cm³/mol. The lowest BCUT2D eigenvalue weighted by atomic mass is 10.0. The van der Waals surface area contributed by atoms with Crippen LogP contribution < -0.4 is 21.3 Å². The molecule has 1 fully saturated rings. The van der Waals surface area contributed by atoms with Crippen LogP contribution in [0.5, 0.6) is 0 Å². The smallest absolute Gasteiger partial charge is 0.352 e. The number of carboxylic acids is 1. The third-order valence-electron chi connectivity index (χ3n) is 5.24. The van der Waals surface area contributed by atoms with Crippen LogP contribution in [0.3, 0.4) is 0 Å². The number of aryl methyl sites for hydroxylation is 1. The summed E-state index contributed by atoms with van der Waals surface area (Å²) in [5, 5.41) is 29.1. The van der Waals surface area contributed by atoms with Crippen LogP contribution in [0.1, 0.15) is 15.9 Å². The number of nitrogens with zero attached hydrogens (tertiary/aromatic N) is 3. The number of hydrogen-bond acceptors (Lipinski definition) is 11. The second kappa shape index (κ2) is 11.5. The molecule has 3 atom stereocenters. The molecule has 2 aromatic rings. The molecule has 1 saturated heterocycles. The van der Waals surface area contributed by atoms with E-state index in [-0.39, 0.29) is 5.70 Å². The molecule has 196 valence electrons. The molecule has 2 aliphatic rings. The second-order valence-electron chi connectivity index (χ2n) is 7.66. The average Bonchev–Trinajstić information content (AvgIpc) is 3.55.